The Morgan fingerprint density at radius 1 is 1.19 bits per heavy atom. The Kier molecular flexibility index (Phi) is 4.55. The van der Waals surface area contributed by atoms with E-state index in [1.807, 2.05) is 0 Å². The Morgan fingerprint density at radius 2 is 1.94 bits per heavy atom. The van der Waals surface area contributed by atoms with Gasteiger partial charge in [-0.3, -0.25) is 4.90 Å². The van der Waals surface area contributed by atoms with Crippen LogP contribution in [0.15, 0.2) is 0 Å². The molecule has 0 radical (unpaired) electrons. The highest BCUT2D eigenvalue weighted by atomic mass is 16.5. The molecule has 0 aliphatic carbocycles. The number of rotatable bonds is 6. The summed E-state index contributed by atoms with van der Waals surface area (Å²) < 4.78 is 10.4. The van der Waals surface area contributed by atoms with Gasteiger partial charge in [-0.05, 0) is 0 Å². The molecule has 2 fully saturated rings. The second kappa shape index (κ2) is 5.93. The molecule has 94 valence electrons. The van der Waals surface area contributed by atoms with Crippen molar-refractivity contribution >= 4 is 0 Å². The SMILES string of the molecule is OCC1(CNCCN2CCOCC2)COC1. The third kappa shape index (κ3) is 3.15. The van der Waals surface area contributed by atoms with Gasteiger partial charge >= 0.3 is 0 Å². The van der Waals surface area contributed by atoms with Crippen LogP contribution in [0.2, 0.25) is 0 Å². The Morgan fingerprint density at radius 3 is 2.50 bits per heavy atom. The van der Waals surface area contributed by atoms with Gasteiger partial charge in [0.2, 0.25) is 0 Å². The zero-order valence-electron chi connectivity index (χ0n) is 9.78. The molecule has 0 aromatic rings. The van der Waals surface area contributed by atoms with Gasteiger partial charge in [0.05, 0.1) is 38.4 Å². The highest BCUT2D eigenvalue weighted by molar-refractivity contribution is 4.87. The molecule has 0 atom stereocenters. The lowest BCUT2D eigenvalue weighted by Crippen LogP contribution is -2.53. The van der Waals surface area contributed by atoms with Crippen LogP contribution in [-0.2, 0) is 9.47 Å². The molecule has 0 bridgehead atoms. The van der Waals surface area contributed by atoms with Crippen LogP contribution in [0.4, 0.5) is 0 Å². The number of aliphatic hydroxyl groups excluding tert-OH is 1. The van der Waals surface area contributed by atoms with E-state index >= 15 is 0 Å². The fourth-order valence-corrected chi connectivity index (χ4v) is 2.06. The Hall–Kier alpha value is -0.200. The number of nitrogens with one attached hydrogen (secondary N) is 1. The summed E-state index contributed by atoms with van der Waals surface area (Å²) in [6.45, 7) is 8.27. The van der Waals surface area contributed by atoms with Crippen molar-refractivity contribution in [2.45, 2.75) is 0 Å². The summed E-state index contributed by atoms with van der Waals surface area (Å²) in [5, 5.41) is 12.6. The van der Waals surface area contributed by atoms with Gasteiger partial charge < -0.3 is 19.9 Å². The monoisotopic (exact) mass is 230 g/mol. The van der Waals surface area contributed by atoms with E-state index in [0.717, 1.165) is 45.9 Å². The second-order valence-corrected chi connectivity index (χ2v) is 4.78. The standard InChI is InChI=1S/C11H22N2O3/c14-8-11(9-16-10-11)7-12-1-2-13-3-5-15-6-4-13/h12,14H,1-10H2. The van der Waals surface area contributed by atoms with Crippen LogP contribution in [0.5, 0.6) is 0 Å². The van der Waals surface area contributed by atoms with Gasteiger partial charge in [-0.25, -0.2) is 0 Å². The minimum absolute atomic E-state index is 0.00892. The van der Waals surface area contributed by atoms with Crippen LogP contribution in [0.3, 0.4) is 0 Å². The summed E-state index contributed by atoms with van der Waals surface area (Å²) in [6, 6.07) is 0. The molecular weight excluding hydrogens is 208 g/mol. The van der Waals surface area contributed by atoms with Crippen LogP contribution in [-0.4, -0.2) is 75.8 Å². The van der Waals surface area contributed by atoms with Crippen LogP contribution in [0, 0.1) is 5.41 Å². The number of hydrogen-bond acceptors (Lipinski definition) is 5. The number of hydrogen-bond donors (Lipinski definition) is 2. The maximum absolute atomic E-state index is 9.24. The summed E-state index contributed by atoms with van der Waals surface area (Å²) in [7, 11) is 0. The Balaban J connectivity index is 1.54. The number of nitrogens with zero attached hydrogens (tertiary/aromatic N) is 1. The van der Waals surface area contributed by atoms with E-state index in [4.69, 9.17) is 9.47 Å². The van der Waals surface area contributed by atoms with E-state index in [2.05, 4.69) is 10.2 Å². The first kappa shape index (κ1) is 12.3. The minimum Gasteiger partial charge on any atom is -0.396 e. The van der Waals surface area contributed by atoms with Crippen molar-refractivity contribution in [3.05, 3.63) is 0 Å². The third-order valence-corrected chi connectivity index (χ3v) is 3.36. The van der Waals surface area contributed by atoms with E-state index in [0.29, 0.717) is 13.2 Å². The van der Waals surface area contributed by atoms with Crippen molar-refractivity contribution < 1.29 is 14.6 Å². The van der Waals surface area contributed by atoms with Gasteiger partial charge in [-0.2, -0.15) is 0 Å². The van der Waals surface area contributed by atoms with Crippen molar-refractivity contribution in [2.24, 2.45) is 5.41 Å². The number of morpholine rings is 1. The molecule has 0 amide bonds. The summed E-state index contributed by atoms with van der Waals surface area (Å²) in [5.74, 6) is 0. The van der Waals surface area contributed by atoms with E-state index in [9.17, 15) is 5.11 Å². The first-order valence-electron chi connectivity index (χ1n) is 6.04. The van der Waals surface area contributed by atoms with Crippen molar-refractivity contribution in [3.63, 3.8) is 0 Å². The van der Waals surface area contributed by atoms with Gasteiger partial charge in [-0.15, -0.1) is 0 Å². The predicted molar refractivity (Wildman–Crippen MR) is 60.5 cm³/mol. The lowest BCUT2D eigenvalue weighted by atomic mass is 9.87. The largest absolute Gasteiger partial charge is 0.396 e. The molecule has 0 aromatic heterocycles. The Bertz CT molecular complexity index is 198. The van der Waals surface area contributed by atoms with Gasteiger partial charge in [0.25, 0.3) is 0 Å². The fourth-order valence-electron chi connectivity index (χ4n) is 2.06. The summed E-state index contributed by atoms with van der Waals surface area (Å²) in [4.78, 5) is 2.40. The summed E-state index contributed by atoms with van der Waals surface area (Å²) in [5.41, 5.74) is -0.00892. The van der Waals surface area contributed by atoms with E-state index < -0.39 is 0 Å². The molecule has 2 N–H and O–H groups in total. The molecule has 0 saturated carbocycles. The number of ether oxygens (including phenoxy) is 2. The average Bonchev–Trinajstić information content (AvgIpc) is 2.29. The molecule has 5 nitrogen and oxygen atoms in total. The van der Waals surface area contributed by atoms with E-state index in [-0.39, 0.29) is 12.0 Å². The molecule has 2 aliphatic rings. The highest BCUT2D eigenvalue weighted by Crippen LogP contribution is 2.25. The summed E-state index contributed by atoms with van der Waals surface area (Å²) in [6.07, 6.45) is 0. The van der Waals surface area contributed by atoms with Crippen molar-refractivity contribution in [1.82, 2.24) is 10.2 Å². The summed E-state index contributed by atoms with van der Waals surface area (Å²) >= 11 is 0. The smallest absolute Gasteiger partial charge is 0.0594 e. The van der Waals surface area contributed by atoms with E-state index in [1.165, 1.54) is 0 Å². The van der Waals surface area contributed by atoms with Gasteiger partial charge in [-0.1, -0.05) is 0 Å². The van der Waals surface area contributed by atoms with Crippen LogP contribution in [0.25, 0.3) is 0 Å². The third-order valence-electron chi connectivity index (χ3n) is 3.36. The normalized spacial score (nSPS) is 25.3. The maximum Gasteiger partial charge on any atom is 0.0594 e. The molecule has 0 unspecified atom stereocenters. The minimum atomic E-state index is -0.00892. The molecule has 2 aliphatic heterocycles. The van der Waals surface area contributed by atoms with Gasteiger partial charge in [0.15, 0.2) is 0 Å². The van der Waals surface area contributed by atoms with Crippen molar-refractivity contribution in [1.29, 1.82) is 0 Å². The zero-order valence-corrected chi connectivity index (χ0v) is 9.78. The van der Waals surface area contributed by atoms with Gasteiger partial charge in [0, 0.05) is 32.7 Å². The van der Waals surface area contributed by atoms with Gasteiger partial charge in [0.1, 0.15) is 0 Å². The topological polar surface area (TPSA) is 54.0 Å². The van der Waals surface area contributed by atoms with Crippen molar-refractivity contribution in [2.75, 3.05) is 65.8 Å². The molecule has 0 spiro atoms. The second-order valence-electron chi connectivity index (χ2n) is 4.78. The molecular formula is C11H22N2O3. The predicted octanol–water partition coefficient (Wildman–Crippen LogP) is -1.08. The lowest BCUT2D eigenvalue weighted by molar-refractivity contribution is -0.134. The van der Waals surface area contributed by atoms with Crippen molar-refractivity contribution in [3.8, 4) is 0 Å². The lowest BCUT2D eigenvalue weighted by Gasteiger charge is -2.40. The highest BCUT2D eigenvalue weighted by Gasteiger charge is 2.37. The molecule has 16 heavy (non-hydrogen) atoms. The number of aliphatic hydroxyl groups is 1. The average molecular weight is 230 g/mol. The molecule has 2 rings (SSSR count). The molecule has 0 aromatic carbocycles. The fraction of sp³-hybridized carbons (Fsp3) is 1.00. The molecule has 2 saturated heterocycles. The first-order chi connectivity index (χ1) is 7.85. The quantitative estimate of drug-likeness (QED) is 0.568. The van der Waals surface area contributed by atoms with Crippen LogP contribution >= 0.6 is 0 Å². The Labute approximate surface area is 96.7 Å². The molecule has 5 heteroatoms. The zero-order chi connectivity index (χ0) is 11.3. The van der Waals surface area contributed by atoms with Crippen LogP contribution in [0.1, 0.15) is 0 Å². The maximum atomic E-state index is 9.24. The van der Waals surface area contributed by atoms with E-state index in [1.54, 1.807) is 0 Å². The first-order valence-corrected chi connectivity index (χ1v) is 6.04. The van der Waals surface area contributed by atoms with Crippen LogP contribution < -0.4 is 5.32 Å². The molecule has 2 heterocycles.